The third kappa shape index (κ3) is 7.26. The summed E-state index contributed by atoms with van der Waals surface area (Å²) >= 11 is 0. The standard InChI is InChI=1S/C11H12N2.2C2H6/c1-4-6-8-11-10(7-5-2)12-9(3)13-11;2*1-2/h4,6-8H,2H2,1,3H3;2*1-2H3/b6-4+,11-8+;;. The van der Waals surface area contributed by atoms with Crippen molar-refractivity contribution in [3.8, 4) is 0 Å². The molecule has 94 valence electrons. The minimum absolute atomic E-state index is 0.775. The van der Waals surface area contributed by atoms with Gasteiger partial charge in [-0.15, -0.1) is 5.73 Å². The maximum atomic E-state index is 4.25. The van der Waals surface area contributed by atoms with Crippen LogP contribution in [0.5, 0.6) is 0 Å². The molecule has 0 aromatic heterocycles. The smallest absolute Gasteiger partial charge is 0.126 e. The minimum Gasteiger partial charge on any atom is -0.232 e. The van der Waals surface area contributed by atoms with Crippen molar-refractivity contribution in [1.82, 2.24) is 0 Å². The molecule has 0 aliphatic carbocycles. The van der Waals surface area contributed by atoms with Gasteiger partial charge in [0.2, 0.25) is 0 Å². The molecule has 0 atom stereocenters. The summed E-state index contributed by atoms with van der Waals surface area (Å²) in [4.78, 5) is 8.47. The summed E-state index contributed by atoms with van der Waals surface area (Å²) in [6.07, 6.45) is 7.54. The quantitative estimate of drug-likeness (QED) is 0.616. The second-order valence-electron chi connectivity index (χ2n) is 2.58. The Bertz CT molecular complexity index is 362. The Hall–Kier alpha value is -1.66. The lowest BCUT2D eigenvalue weighted by Gasteiger charge is -1.89. The molecule has 0 fully saturated rings. The molecular weight excluding hydrogens is 208 g/mol. The molecule has 0 aromatic carbocycles. The van der Waals surface area contributed by atoms with Crippen molar-refractivity contribution in [1.29, 1.82) is 0 Å². The summed E-state index contributed by atoms with van der Waals surface area (Å²) < 4.78 is 0. The van der Waals surface area contributed by atoms with E-state index in [1.807, 2.05) is 59.8 Å². The first-order valence-corrected chi connectivity index (χ1v) is 6.11. The lowest BCUT2D eigenvalue weighted by molar-refractivity contribution is 1.47. The highest BCUT2D eigenvalue weighted by atomic mass is 15.0. The van der Waals surface area contributed by atoms with Crippen molar-refractivity contribution >= 4 is 11.5 Å². The van der Waals surface area contributed by atoms with Crippen LogP contribution >= 0.6 is 0 Å². The van der Waals surface area contributed by atoms with Crippen LogP contribution < -0.4 is 0 Å². The Labute approximate surface area is 106 Å². The van der Waals surface area contributed by atoms with Gasteiger partial charge in [0.05, 0.1) is 11.4 Å². The van der Waals surface area contributed by atoms with E-state index in [9.17, 15) is 0 Å². The molecule has 2 nitrogen and oxygen atoms in total. The van der Waals surface area contributed by atoms with Crippen LogP contribution in [0.3, 0.4) is 0 Å². The SMILES string of the molecule is C=C=CC1=NC(C)=N/C1=C/C=C/C.CC.CC. The summed E-state index contributed by atoms with van der Waals surface area (Å²) in [5.74, 6) is 0.775. The first kappa shape index (κ1) is 17.7. The van der Waals surface area contributed by atoms with Gasteiger partial charge in [0, 0.05) is 6.08 Å². The van der Waals surface area contributed by atoms with Crippen molar-refractivity contribution in [2.45, 2.75) is 41.5 Å². The average Bonchev–Trinajstić information content (AvgIpc) is 2.72. The van der Waals surface area contributed by atoms with Crippen LogP contribution in [0, 0.1) is 0 Å². The molecule has 0 unspecified atom stereocenters. The molecule has 0 aromatic rings. The zero-order chi connectivity index (χ0) is 13.7. The summed E-state index contributed by atoms with van der Waals surface area (Å²) in [6, 6.07) is 0. The molecule has 0 saturated heterocycles. The third-order valence-electron chi connectivity index (χ3n) is 1.51. The van der Waals surface area contributed by atoms with Gasteiger partial charge in [0.15, 0.2) is 0 Å². The maximum Gasteiger partial charge on any atom is 0.126 e. The highest BCUT2D eigenvalue weighted by molar-refractivity contribution is 6.17. The van der Waals surface area contributed by atoms with Crippen LogP contribution in [0.15, 0.2) is 52.3 Å². The van der Waals surface area contributed by atoms with E-state index < -0.39 is 0 Å². The van der Waals surface area contributed by atoms with Crippen molar-refractivity contribution in [2.75, 3.05) is 0 Å². The number of amidine groups is 1. The van der Waals surface area contributed by atoms with Crippen LogP contribution in [-0.4, -0.2) is 11.5 Å². The Morgan fingerprint density at radius 3 is 2.18 bits per heavy atom. The molecule has 1 rings (SSSR count). The van der Waals surface area contributed by atoms with E-state index in [0.717, 1.165) is 17.2 Å². The molecular formula is C15H24N2. The lowest BCUT2D eigenvalue weighted by Crippen LogP contribution is -1.90. The van der Waals surface area contributed by atoms with Crippen LogP contribution in [0.2, 0.25) is 0 Å². The summed E-state index contributed by atoms with van der Waals surface area (Å²) in [5.41, 5.74) is 4.38. The zero-order valence-electron chi connectivity index (χ0n) is 11.9. The topological polar surface area (TPSA) is 24.7 Å². The number of hydrogen-bond donors (Lipinski definition) is 0. The molecule has 1 aliphatic heterocycles. The summed E-state index contributed by atoms with van der Waals surface area (Å²) in [5, 5.41) is 0. The first-order chi connectivity index (χ1) is 8.27. The van der Waals surface area contributed by atoms with Gasteiger partial charge < -0.3 is 0 Å². The van der Waals surface area contributed by atoms with Gasteiger partial charge in [-0.05, 0) is 19.9 Å². The fraction of sp³-hybridized carbons (Fsp3) is 0.400. The Balaban J connectivity index is 0. The Morgan fingerprint density at radius 2 is 1.71 bits per heavy atom. The summed E-state index contributed by atoms with van der Waals surface area (Å²) in [6.45, 7) is 15.3. The molecule has 0 radical (unpaired) electrons. The molecule has 17 heavy (non-hydrogen) atoms. The van der Waals surface area contributed by atoms with E-state index >= 15 is 0 Å². The largest absolute Gasteiger partial charge is 0.232 e. The molecule has 0 saturated carbocycles. The lowest BCUT2D eigenvalue weighted by atomic mass is 10.2. The Morgan fingerprint density at radius 1 is 1.12 bits per heavy atom. The van der Waals surface area contributed by atoms with Crippen LogP contribution in [-0.2, 0) is 0 Å². The fourth-order valence-corrected chi connectivity index (χ4v) is 1.00. The number of aliphatic imine (C=N–C) groups is 2. The molecule has 1 heterocycles. The van der Waals surface area contributed by atoms with Crippen LogP contribution in [0.4, 0.5) is 0 Å². The molecule has 1 aliphatic rings. The van der Waals surface area contributed by atoms with Gasteiger partial charge in [-0.2, -0.15) is 0 Å². The zero-order valence-corrected chi connectivity index (χ0v) is 11.9. The van der Waals surface area contributed by atoms with E-state index in [4.69, 9.17) is 0 Å². The van der Waals surface area contributed by atoms with Crippen LogP contribution in [0.25, 0.3) is 0 Å². The van der Waals surface area contributed by atoms with Gasteiger partial charge in [0.25, 0.3) is 0 Å². The normalized spacial score (nSPS) is 15.1. The summed E-state index contributed by atoms with van der Waals surface area (Å²) in [7, 11) is 0. The van der Waals surface area contributed by atoms with Gasteiger partial charge in [-0.25, -0.2) is 9.98 Å². The van der Waals surface area contributed by atoms with Crippen LogP contribution in [0.1, 0.15) is 41.5 Å². The Kier molecular flexibility index (Phi) is 12.9. The number of rotatable bonds is 2. The third-order valence-corrected chi connectivity index (χ3v) is 1.51. The molecule has 0 bridgehead atoms. The molecule has 0 amide bonds. The van der Waals surface area contributed by atoms with Crippen molar-refractivity contribution in [3.05, 3.63) is 42.3 Å². The van der Waals surface area contributed by atoms with E-state index in [0.29, 0.717) is 0 Å². The second kappa shape index (κ2) is 12.4. The van der Waals surface area contributed by atoms with Crippen molar-refractivity contribution in [2.24, 2.45) is 9.98 Å². The van der Waals surface area contributed by atoms with Gasteiger partial charge >= 0.3 is 0 Å². The molecule has 0 spiro atoms. The van der Waals surface area contributed by atoms with Gasteiger partial charge in [-0.1, -0.05) is 46.4 Å². The van der Waals surface area contributed by atoms with E-state index in [1.54, 1.807) is 6.08 Å². The molecule has 0 N–H and O–H groups in total. The minimum atomic E-state index is 0.775. The fourth-order valence-electron chi connectivity index (χ4n) is 1.00. The van der Waals surface area contributed by atoms with Gasteiger partial charge in [-0.3, -0.25) is 0 Å². The predicted octanol–water partition coefficient (Wildman–Crippen LogP) is 4.71. The highest BCUT2D eigenvalue weighted by Gasteiger charge is 2.09. The number of nitrogens with zero attached hydrogens (tertiary/aromatic N) is 2. The van der Waals surface area contributed by atoms with E-state index in [2.05, 4.69) is 22.3 Å². The maximum absolute atomic E-state index is 4.25. The molecule has 2 heteroatoms. The highest BCUT2D eigenvalue weighted by Crippen LogP contribution is 2.11. The number of allylic oxidation sites excluding steroid dienone is 4. The average molecular weight is 232 g/mol. The monoisotopic (exact) mass is 232 g/mol. The van der Waals surface area contributed by atoms with Gasteiger partial charge in [0.1, 0.15) is 5.84 Å². The van der Waals surface area contributed by atoms with Crippen molar-refractivity contribution in [3.63, 3.8) is 0 Å². The number of hydrogen-bond acceptors (Lipinski definition) is 2. The second-order valence-corrected chi connectivity index (χ2v) is 2.58. The first-order valence-electron chi connectivity index (χ1n) is 6.11. The van der Waals surface area contributed by atoms with Crippen molar-refractivity contribution < 1.29 is 0 Å². The van der Waals surface area contributed by atoms with E-state index in [-0.39, 0.29) is 0 Å². The van der Waals surface area contributed by atoms with E-state index in [1.165, 1.54) is 0 Å². The predicted molar refractivity (Wildman–Crippen MR) is 79.8 cm³/mol.